The number of esters is 2. The molecule has 1 N–H and O–H groups in total. The number of carboxylic acids is 1. The Kier molecular flexibility index (Phi) is 39.2. The minimum atomic E-state index is -0.887. The van der Waals surface area contributed by atoms with Gasteiger partial charge >= 0.3 is 17.9 Å². The predicted octanol–water partition coefficient (Wildman–Crippen LogP) is 13.1. The molecule has 0 aliphatic heterocycles. The zero-order chi connectivity index (χ0) is 43.5. The van der Waals surface area contributed by atoms with Crippen LogP contribution in [-0.4, -0.2) is 80.6 Å². The van der Waals surface area contributed by atoms with E-state index in [0.717, 1.165) is 70.6 Å². The number of carbonyl (C=O) groups is 3. The number of carbonyl (C=O) groups excluding carboxylic acids is 2. The largest absolute Gasteiger partial charge is 0.477 e. The monoisotopic (exact) mass is 827 g/mol. The van der Waals surface area contributed by atoms with Crippen LogP contribution in [0.25, 0.3) is 0 Å². The molecule has 2 atom stereocenters. The van der Waals surface area contributed by atoms with Crippen LogP contribution in [0, 0.1) is 0 Å². The standard InChI is InChI=1S/C51H87NO7/c1-6-8-10-12-14-16-18-20-22-24-26-28-30-32-34-36-38-40-42-50(54)59-47(45-57-44-43-48(51(55)56)52(3,4)5)46-58-49(53)41-39-37-35-33-31-29-27-25-23-21-19-17-15-13-11-9-7-2/h15,17,21-24,26-29,33,35,47-48H,6-14,16,18-20,25,30-32,34,36-46H2,1-5H3/p+1/b17-15+,23-21+,24-22+,28-26+,29-27+,35-33+. The van der Waals surface area contributed by atoms with Crippen molar-refractivity contribution in [3.63, 3.8) is 0 Å². The summed E-state index contributed by atoms with van der Waals surface area (Å²) in [6.45, 7) is 4.62. The molecular weight excluding hydrogens is 739 g/mol. The van der Waals surface area contributed by atoms with E-state index >= 15 is 0 Å². The van der Waals surface area contributed by atoms with E-state index in [9.17, 15) is 19.5 Å². The summed E-state index contributed by atoms with van der Waals surface area (Å²) in [4.78, 5) is 37.0. The van der Waals surface area contributed by atoms with Gasteiger partial charge in [0.2, 0.25) is 0 Å². The van der Waals surface area contributed by atoms with Gasteiger partial charge in [0, 0.05) is 19.3 Å². The Hall–Kier alpha value is -3.23. The number of rotatable bonds is 41. The molecule has 338 valence electrons. The van der Waals surface area contributed by atoms with Crippen molar-refractivity contribution >= 4 is 17.9 Å². The number of ether oxygens (including phenoxy) is 3. The molecule has 0 aromatic carbocycles. The fourth-order valence-corrected chi connectivity index (χ4v) is 6.43. The lowest BCUT2D eigenvalue weighted by atomic mass is 10.1. The summed E-state index contributed by atoms with van der Waals surface area (Å²) >= 11 is 0. The van der Waals surface area contributed by atoms with Crippen molar-refractivity contribution in [3.8, 4) is 0 Å². The molecule has 0 aliphatic rings. The van der Waals surface area contributed by atoms with Gasteiger partial charge in [-0.3, -0.25) is 9.59 Å². The maximum atomic E-state index is 12.7. The zero-order valence-electron chi connectivity index (χ0n) is 38.4. The van der Waals surface area contributed by atoms with Crippen LogP contribution in [0.4, 0.5) is 0 Å². The third-order valence-corrected chi connectivity index (χ3v) is 10.1. The molecule has 0 spiro atoms. The van der Waals surface area contributed by atoms with Gasteiger partial charge in [-0.2, -0.15) is 0 Å². The maximum Gasteiger partial charge on any atom is 0.362 e. The second-order valence-corrected chi connectivity index (χ2v) is 16.7. The molecule has 8 heteroatoms. The molecule has 0 fully saturated rings. The second kappa shape index (κ2) is 41.5. The van der Waals surface area contributed by atoms with E-state index in [-0.39, 0.29) is 42.7 Å². The number of likely N-dealkylation sites (N-methyl/N-ethyl adjacent to an activating group) is 1. The van der Waals surface area contributed by atoms with E-state index in [0.29, 0.717) is 19.3 Å². The molecule has 8 nitrogen and oxygen atoms in total. The Morgan fingerprint density at radius 2 is 0.966 bits per heavy atom. The van der Waals surface area contributed by atoms with Crippen LogP contribution < -0.4 is 0 Å². The third-order valence-electron chi connectivity index (χ3n) is 10.1. The molecule has 0 bridgehead atoms. The summed E-state index contributed by atoms with van der Waals surface area (Å²) in [6.07, 6.45) is 52.4. The highest BCUT2D eigenvalue weighted by Crippen LogP contribution is 2.13. The minimum absolute atomic E-state index is 0.0343. The fourth-order valence-electron chi connectivity index (χ4n) is 6.43. The van der Waals surface area contributed by atoms with Crippen molar-refractivity contribution in [2.24, 2.45) is 0 Å². The third kappa shape index (κ3) is 40.0. The molecule has 0 saturated carbocycles. The highest BCUT2D eigenvalue weighted by molar-refractivity contribution is 5.72. The van der Waals surface area contributed by atoms with E-state index < -0.39 is 18.1 Å². The first-order valence-electron chi connectivity index (χ1n) is 23.5. The number of nitrogens with zero attached hydrogens (tertiary/aromatic N) is 1. The van der Waals surface area contributed by atoms with Crippen molar-refractivity contribution in [3.05, 3.63) is 72.9 Å². The SMILES string of the molecule is CCCCC/C=C/C/C=C/C/C=C/C/C=C/CCCC(=O)OCC(COCCC(C(=O)O)[N+](C)(C)C)OC(=O)CCCCCCC/C=C/C=C/CCCCCCCCC. The van der Waals surface area contributed by atoms with E-state index in [2.05, 4.69) is 86.8 Å². The number of carboxylic acid groups (broad SMARTS) is 1. The first kappa shape index (κ1) is 55.8. The van der Waals surface area contributed by atoms with Crippen molar-refractivity contribution in [2.75, 3.05) is 41.0 Å². The summed E-state index contributed by atoms with van der Waals surface area (Å²) in [7, 11) is 5.50. The van der Waals surface area contributed by atoms with Crippen LogP contribution in [0.3, 0.4) is 0 Å². The quantitative estimate of drug-likeness (QED) is 0.0215. The van der Waals surface area contributed by atoms with Gasteiger partial charge < -0.3 is 23.8 Å². The normalized spacial score (nSPS) is 13.6. The molecular formula is C51H88NO7+. The highest BCUT2D eigenvalue weighted by Gasteiger charge is 2.31. The average Bonchev–Trinajstić information content (AvgIpc) is 3.19. The molecule has 0 radical (unpaired) electrons. The second-order valence-electron chi connectivity index (χ2n) is 16.7. The number of aliphatic carboxylic acids is 1. The number of quaternary nitrogens is 1. The lowest BCUT2D eigenvalue weighted by molar-refractivity contribution is -0.887. The van der Waals surface area contributed by atoms with E-state index in [1.807, 2.05) is 21.1 Å². The lowest BCUT2D eigenvalue weighted by Gasteiger charge is -2.31. The first-order chi connectivity index (χ1) is 28.6. The van der Waals surface area contributed by atoms with Gasteiger partial charge in [-0.05, 0) is 77.0 Å². The molecule has 0 heterocycles. The molecule has 59 heavy (non-hydrogen) atoms. The molecule has 0 saturated heterocycles. The van der Waals surface area contributed by atoms with Crippen LogP contribution >= 0.6 is 0 Å². The van der Waals surface area contributed by atoms with Crippen LogP contribution in [0.5, 0.6) is 0 Å². The molecule has 0 aliphatic carbocycles. The predicted molar refractivity (Wildman–Crippen MR) is 247 cm³/mol. The Bertz CT molecular complexity index is 1190. The van der Waals surface area contributed by atoms with E-state index in [1.165, 1.54) is 70.6 Å². The fraction of sp³-hybridized carbons (Fsp3) is 0.706. The molecule has 0 aromatic rings. The number of hydrogen-bond donors (Lipinski definition) is 1. The molecule has 2 unspecified atom stereocenters. The zero-order valence-corrected chi connectivity index (χ0v) is 38.4. The lowest BCUT2D eigenvalue weighted by Crippen LogP contribution is -2.50. The van der Waals surface area contributed by atoms with Gasteiger partial charge in [-0.1, -0.05) is 157 Å². The van der Waals surface area contributed by atoms with Crippen LogP contribution in [-0.2, 0) is 28.6 Å². The van der Waals surface area contributed by atoms with Crippen molar-refractivity contribution in [1.82, 2.24) is 0 Å². The van der Waals surface area contributed by atoms with Gasteiger partial charge in [0.1, 0.15) is 6.61 Å². The first-order valence-corrected chi connectivity index (χ1v) is 23.5. The number of hydrogen-bond acceptors (Lipinski definition) is 6. The summed E-state index contributed by atoms with van der Waals surface area (Å²) in [5, 5.41) is 9.63. The van der Waals surface area contributed by atoms with Crippen LogP contribution in [0.2, 0.25) is 0 Å². The highest BCUT2D eigenvalue weighted by atomic mass is 16.6. The Balaban J connectivity index is 4.45. The number of allylic oxidation sites excluding steroid dienone is 12. The summed E-state index contributed by atoms with van der Waals surface area (Å²) in [5.74, 6) is -1.56. The van der Waals surface area contributed by atoms with E-state index in [4.69, 9.17) is 14.2 Å². The van der Waals surface area contributed by atoms with Gasteiger partial charge in [-0.25, -0.2) is 4.79 Å². The Morgan fingerprint density at radius 1 is 0.525 bits per heavy atom. The smallest absolute Gasteiger partial charge is 0.362 e. The van der Waals surface area contributed by atoms with Gasteiger partial charge in [0.05, 0.1) is 34.4 Å². The number of unbranched alkanes of at least 4 members (excludes halogenated alkanes) is 16. The maximum absolute atomic E-state index is 12.7. The molecule has 0 aromatic heterocycles. The van der Waals surface area contributed by atoms with Gasteiger partial charge in [-0.15, -0.1) is 0 Å². The Morgan fingerprint density at radius 3 is 1.51 bits per heavy atom. The summed E-state index contributed by atoms with van der Waals surface area (Å²) < 4.78 is 17.2. The topological polar surface area (TPSA) is 99.1 Å². The Labute approximate surface area is 361 Å². The minimum Gasteiger partial charge on any atom is -0.477 e. The molecule has 0 rings (SSSR count). The van der Waals surface area contributed by atoms with Crippen LogP contribution in [0.15, 0.2) is 72.9 Å². The van der Waals surface area contributed by atoms with Crippen molar-refractivity contribution < 1.29 is 38.2 Å². The summed E-state index contributed by atoms with van der Waals surface area (Å²) in [5.41, 5.74) is 0. The van der Waals surface area contributed by atoms with Gasteiger partial charge in [0.15, 0.2) is 12.1 Å². The summed E-state index contributed by atoms with van der Waals surface area (Å²) in [6, 6.07) is -0.629. The molecule has 0 amide bonds. The van der Waals surface area contributed by atoms with E-state index in [1.54, 1.807) is 0 Å². The van der Waals surface area contributed by atoms with Crippen LogP contribution in [0.1, 0.15) is 181 Å². The van der Waals surface area contributed by atoms with Gasteiger partial charge in [0.25, 0.3) is 0 Å². The average molecular weight is 827 g/mol. The van der Waals surface area contributed by atoms with Crippen molar-refractivity contribution in [2.45, 2.75) is 193 Å². The van der Waals surface area contributed by atoms with Crippen molar-refractivity contribution in [1.29, 1.82) is 0 Å².